The lowest BCUT2D eigenvalue weighted by Gasteiger charge is -2.42. The number of nitrogens with one attached hydrogen (secondary N) is 1. The van der Waals surface area contributed by atoms with Crippen molar-refractivity contribution in [2.24, 2.45) is 0 Å². The molecule has 6 heteroatoms. The molecule has 0 aliphatic carbocycles. The second-order valence-electron chi connectivity index (χ2n) is 8.14. The van der Waals surface area contributed by atoms with Crippen molar-refractivity contribution in [1.29, 1.82) is 0 Å². The van der Waals surface area contributed by atoms with E-state index < -0.39 is 5.60 Å². The molecule has 3 aromatic carbocycles. The molecular formula is C27H27FN2O3. The molecule has 1 aliphatic rings. The van der Waals surface area contributed by atoms with E-state index in [-0.39, 0.29) is 37.2 Å². The molecule has 4 rings (SSSR count). The van der Waals surface area contributed by atoms with Gasteiger partial charge in [0.15, 0.2) is 5.60 Å². The quantitative estimate of drug-likeness (QED) is 0.621. The molecule has 0 aromatic heterocycles. The van der Waals surface area contributed by atoms with E-state index in [9.17, 15) is 14.0 Å². The Balaban J connectivity index is 1.68. The number of ether oxygens (including phenoxy) is 1. The van der Waals surface area contributed by atoms with Gasteiger partial charge in [0, 0.05) is 25.1 Å². The van der Waals surface area contributed by atoms with E-state index in [0.29, 0.717) is 18.7 Å². The zero-order valence-corrected chi connectivity index (χ0v) is 18.6. The van der Waals surface area contributed by atoms with E-state index in [4.69, 9.17) is 4.74 Å². The molecule has 0 saturated carbocycles. The van der Waals surface area contributed by atoms with Crippen LogP contribution in [0.2, 0.25) is 0 Å². The van der Waals surface area contributed by atoms with E-state index in [2.05, 4.69) is 5.32 Å². The number of halogens is 1. The molecule has 1 fully saturated rings. The average molecular weight is 447 g/mol. The first-order valence-corrected chi connectivity index (χ1v) is 11.1. The summed E-state index contributed by atoms with van der Waals surface area (Å²) < 4.78 is 19.6. The SMILES string of the molecule is CCNC(=O)C1(Cc2ccccc2-c2ccc(F)cc2)CN(C(=O)c2ccccc2)CCO1. The molecular weight excluding hydrogens is 419 g/mol. The van der Waals surface area contributed by atoms with E-state index in [1.165, 1.54) is 12.1 Å². The number of amides is 2. The highest BCUT2D eigenvalue weighted by Gasteiger charge is 2.45. The Morgan fingerprint density at radius 1 is 1.00 bits per heavy atom. The van der Waals surface area contributed by atoms with Crippen LogP contribution in [-0.4, -0.2) is 48.6 Å². The molecule has 1 saturated heterocycles. The van der Waals surface area contributed by atoms with Gasteiger partial charge in [0.25, 0.3) is 11.8 Å². The minimum absolute atomic E-state index is 0.126. The van der Waals surface area contributed by atoms with Crippen LogP contribution < -0.4 is 5.32 Å². The first kappa shape index (κ1) is 22.7. The van der Waals surface area contributed by atoms with E-state index in [1.54, 1.807) is 29.2 Å². The summed E-state index contributed by atoms with van der Waals surface area (Å²) in [7, 11) is 0. The van der Waals surface area contributed by atoms with Crippen molar-refractivity contribution in [3.63, 3.8) is 0 Å². The van der Waals surface area contributed by atoms with Gasteiger partial charge in [-0.1, -0.05) is 54.6 Å². The lowest BCUT2D eigenvalue weighted by atomic mass is 9.87. The number of nitrogens with zero attached hydrogens (tertiary/aromatic N) is 1. The number of hydrogen-bond donors (Lipinski definition) is 1. The number of carbonyl (C=O) groups is 2. The second kappa shape index (κ2) is 9.96. The monoisotopic (exact) mass is 446 g/mol. The smallest absolute Gasteiger partial charge is 0.254 e. The standard InChI is InChI=1S/C27H27FN2O3/c1-2-29-26(32)27(19-30(16-17-33-27)25(31)21-8-4-3-5-9-21)18-22-10-6-7-11-24(22)20-12-14-23(28)15-13-20/h3-15H,2,16-19H2,1H3,(H,29,32). The molecule has 33 heavy (non-hydrogen) atoms. The average Bonchev–Trinajstić information content (AvgIpc) is 2.85. The molecule has 1 atom stereocenters. The summed E-state index contributed by atoms with van der Waals surface area (Å²) in [5.74, 6) is -0.676. The number of carbonyl (C=O) groups excluding carboxylic acids is 2. The van der Waals surface area contributed by atoms with Gasteiger partial charge in [-0.2, -0.15) is 0 Å². The summed E-state index contributed by atoms with van der Waals surface area (Å²) in [6.07, 6.45) is 0.283. The fraction of sp³-hybridized carbons (Fsp3) is 0.259. The van der Waals surface area contributed by atoms with Crippen LogP contribution in [0, 0.1) is 5.82 Å². The lowest BCUT2D eigenvalue weighted by molar-refractivity contribution is -0.157. The van der Waals surface area contributed by atoms with Crippen LogP contribution in [0.25, 0.3) is 11.1 Å². The maximum atomic E-state index is 13.5. The van der Waals surface area contributed by atoms with Crippen LogP contribution in [0.4, 0.5) is 4.39 Å². The van der Waals surface area contributed by atoms with Crippen LogP contribution >= 0.6 is 0 Å². The van der Waals surface area contributed by atoms with Gasteiger partial charge in [-0.15, -0.1) is 0 Å². The summed E-state index contributed by atoms with van der Waals surface area (Å²) in [4.78, 5) is 28.1. The topological polar surface area (TPSA) is 58.6 Å². The molecule has 1 N–H and O–H groups in total. The zero-order valence-electron chi connectivity index (χ0n) is 18.6. The van der Waals surface area contributed by atoms with Gasteiger partial charge in [0.1, 0.15) is 5.82 Å². The van der Waals surface area contributed by atoms with E-state index in [0.717, 1.165) is 16.7 Å². The third kappa shape index (κ3) is 4.96. The van der Waals surface area contributed by atoms with E-state index in [1.807, 2.05) is 49.4 Å². The lowest BCUT2D eigenvalue weighted by Crippen LogP contribution is -2.62. The molecule has 3 aromatic rings. The Morgan fingerprint density at radius 2 is 1.70 bits per heavy atom. The molecule has 0 bridgehead atoms. The molecule has 1 heterocycles. The highest BCUT2D eigenvalue weighted by Crippen LogP contribution is 2.31. The Labute approximate surface area is 193 Å². The van der Waals surface area contributed by atoms with E-state index >= 15 is 0 Å². The molecule has 1 unspecified atom stereocenters. The molecule has 2 amide bonds. The van der Waals surface area contributed by atoms with Gasteiger partial charge < -0.3 is 15.0 Å². The fourth-order valence-corrected chi connectivity index (χ4v) is 4.26. The highest BCUT2D eigenvalue weighted by atomic mass is 19.1. The van der Waals surface area contributed by atoms with Crippen molar-refractivity contribution < 1.29 is 18.7 Å². The van der Waals surface area contributed by atoms with Crippen molar-refractivity contribution in [3.05, 3.63) is 95.8 Å². The van der Waals surface area contributed by atoms with Crippen molar-refractivity contribution in [2.75, 3.05) is 26.2 Å². The maximum Gasteiger partial charge on any atom is 0.254 e. The Bertz CT molecular complexity index is 1120. The predicted octanol–water partition coefficient (Wildman–Crippen LogP) is 4.08. The van der Waals surface area contributed by atoms with Crippen LogP contribution in [0.3, 0.4) is 0 Å². The van der Waals surface area contributed by atoms with Crippen LogP contribution in [0.1, 0.15) is 22.8 Å². The molecule has 5 nitrogen and oxygen atoms in total. The van der Waals surface area contributed by atoms with Gasteiger partial charge in [-0.3, -0.25) is 9.59 Å². The maximum absolute atomic E-state index is 13.5. The normalized spacial score (nSPS) is 18.1. The Hall–Kier alpha value is -3.51. The van der Waals surface area contributed by atoms with Crippen LogP contribution in [-0.2, 0) is 16.0 Å². The number of rotatable bonds is 6. The third-order valence-electron chi connectivity index (χ3n) is 5.89. The minimum atomic E-state index is -1.23. The zero-order chi connectivity index (χ0) is 23.3. The largest absolute Gasteiger partial charge is 0.361 e. The van der Waals surface area contributed by atoms with Gasteiger partial charge in [-0.25, -0.2) is 4.39 Å². The van der Waals surface area contributed by atoms with Gasteiger partial charge >= 0.3 is 0 Å². The summed E-state index contributed by atoms with van der Waals surface area (Å²) in [6.45, 7) is 3.12. The number of benzene rings is 3. The fourth-order valence-electron chi connectivity index (χ4n) is 4.26. The van der Waals surface area contributed by atoms with Gasteiger partial charge in [-0.05, 0) is 47.9 Å². The summed E-state index contributed by atoms with van der Waals surface area (Å²) >= 11 is 0. The number of hydrogen-bond acceptors (Lipinski definition) is 3. The Morgan fingerprint density at radius 3 is 2.42 bits per heavy atom. The van der Waals surface area contributed by atoms with Crippen molar-refractivity contribution in [2.45, 2.75) is 18.9 Å². The van der Waals surface area contributed by atoms with Crippen LogP contribution in [0.5, 0.6) is 0 Å². The summed E-state index contributed by atoms with van der Waals surface area (Å²) in [5.41, 5.74) is 2.00. The first-order valence-electron chi connectivity index (χ1n) is 11.1. The van der Waals surface area contributed by atoms with Crippen molar-refractivity contribution >= 4 is 11.8 Å². The molecule has 1 aliphatic heterocycles. The summed E-state index contributed by atoms with van der Waals surface area (Å²) in [6, 6.07) is 23.0. The predicted molar refractivity (Wildman–Crippen MR) is 125 cm³/mol. The van der Waals surface area contributed by atoms with Gasteiger partial charge in [0.2, 0.25) is 0 Å². The minimum Gasteiger partial charge on any atom is -0.361 e. The highest BCUT2D eigenvalue weighted by molar-refractivity contribution is 5.95. The van der Waals surface area contributed by atoms with Gasteiger partial charge in [0.05, 0.1) is 13.2 Å². The summed E-state index contributed by atoms with van der Waals surface area (Å²) in [5, 5.41) is 2.89. The molecule has 170 valence electrons. The van der Waals surface area contributed by atoms with Crippen molar-refractivity contribution in [3.8, 4) is 11.1 Å². The third-order valence-corrected chi connectivity index (χ3v) is 5.89. The number of likely N-dealkylation sites (N-methyl/N-ethyl adjacent to an activating group) is 1. The second-order valence-corrected chi connectivity index (χ2v) is 8.14. The molecule has 0 radical (unpaired) electrons. The van der Waals surface area contributed by atoms with Crippen molar-refractivity contribution in [1.82, 2.24) is 10.2 Å². The molecule has 0 spiro atoms. The Kier molecular flexibility index (Phi) is 6.84. The first-order chi connectivity index (χ1) is 16.0. The van der Waals surface area contributed by atoms with Crippen LogP contribution in [0.15, 0.2) is 78.9 Å². The number of morpholine rings is 1.